The Morgan fingerprint density at radius 1 is 1.14 bits per heavy atom. The van der Waals surface area contributed by atoms with Crippen LogP contribution in [0.15, 0.2) is 23.1 Å². The van der Waals surface area contributed by atoms with Crippen LogP contribution in [0.4, 0.5) is 5.69 Å². The summed E-state index contributed by atoms with van der Waals surface area (Å²) in [6.07, 6.45) is 4.51. The van der Waals surface area contributed by atoms with Gasteiger partial charge in [0.05, 0.1) is 17.2 Å². The van der Waals surface area contributed by atoms with Crippen molar-refractivity contribution < 1.29 is 27.5 Å². The van der Waals surface area contributed by atoms with Crippen LogP contribution in [0, 0.1) is 0 Å². The molecule has 1 N–H and O–H groups in total. The number of nitrogens with one attached hydrogen (secondary N) is 1. The first-order valence-corrected chi connectivity index (χ1v) is 11.5. The van der Waals surface area contributed by atoms with Gasteiger partial charge >= 0.3 is 5.97 Å². The highest BCUT2D eigenvalue weighted by molar-refractivity contribution is 7.89. The normalized spacial score (nSPS) is 15.0. The second kappa shape index (κ2) is 11.2. The third-order valence-electron chi connectivity index (χ3n) is 4.58. The second-order valence-corrected chi connectivity index (χ2v) is 8.81. The molecule has 1 aromatic rings. The van der Waals surface area contributed by atoms with E-state index in [2.05, 4.69) is 5.32 Å². The van der Waals surface area contributed by atoms with Crippen molar-refractivity contribution in [1.82, 2.24) is 4.31 Å². The summed E-state index contributed by atoms with van der Waals surface area (Å²) in [4.78, 5) is 23.9. The van der Waals surface area contributed by atoms with Crippen LogP contribution in [0.2, 0.25) is 0 Å². The smallest absolute Gasteiger partial charge is 0.306 e. The number of ether oxygens (including phenoxy) is 2. The van der Waals surface area contributed by atoms with E-state index in [-0.39, 0.29) is 17.0 Å². The molecule has 0 bridgehead atoms. The van der Waals surface area contributed by atoms with Crippen LogP contribution >= 0.6 is 0 Å². The summed E-state index contributed by atoms with van der Waals surface area (Å²) in [6, 6.07) is 4.41. The predicted octanol–water partition coefficient (Wildman–Crippen LogP) is 2.93. The summed E-state index contributed by atoms with van der Waals surface area (Å²) in [7, 11) is -3.65. The molecule has 1 fully saturated rings. The number of benzene rings is 1. The molecule has 0 atom stereocenters. The highest BCUT2D eigenvalue weighted by Crippen LogP contribution is 2.30. The first-order chi connectivity index (χ1) is 13.9. The van der Waals surface area contributed by atoms with E-state index in [9.17, 15) is 18.0 Å². The molecule has 0 spiro atoms. The summed E-state index contributed by atoms with van der Waals surface area (Å²) >= 11 is 0. The standard InChI is InChI=1S/C20H30N2O6S/c1-3-5-9-20(24)28-15-19(23)21-17-14-16(10-11-18(17)27-4-2)29(25,26)22-12-7-6-8-13-22/h10-11,14H,3-9,12-13,15H2,1-2H3,(H,21,23). The van der Waals surface area contributed by atoms with Crippen molar-refractivity contribution in [2.45, 2.75) is 57.3 Å². The van der Waals surface area contributed by atoms with Gasteiger partial charge < -0.3 is 14.8 Å². The number of amides is 1. The van der Waals surface area contributed by atoms with E-state index in [1.165, 1.54) is 22.5 Å². The van der Waals surface area contributed by atoms with Gasteiger partial charge in [-0.2, -0.15) is 4.31 Å². The Bertz CT molecular complexity index is 803. The highest BCUT2D eigenvalue weighted by atomic mass is 32.2. The Labute approximate surface area is 172 Å². The number of anilines is 1. The molecule has 1 amide bonds. The van der Waals surface area contributed by atoms with Crippen molar-refractivity contribution in [1.29, 1.82) is 0 Å². The summed E-state index contributed by atoms with van der Waals surface area (Å²) in [6.45, 7) is 4.65. The third kappa shape index (κ3) is 6.71. The van der Waals surface area contributed by atoms with Gasteiger partial charge in [-0.1, -0.05) is 19.8 Å². The topological polar surface area (TPSA) is 102 Å². The fourth-order valence-corrected chi connectivity index (χ4v) is 4.57. The van der Waals surface area contributed by atoms with Crippen molar-refractivity contribution >= 4 is 27.6 Å². The number of unbranched alkanes of at least 4 members (excludes halogenated alkanes) is 1. The van der Waals surface area contributed by atoms with E-state index < -0.39 is 28.5 Å². The fraction of sp³-hybridized carbons (Fsp3) is 0.600. The maximum atomic E-state index is 12.9. The van der Waals surface area contributed by atoms with Gasteiger partial charge in [0.2, 0.25) is 10.0 Å². The number of piperidine rings is 1. The minimum atomic E-state index is -3.65. The molecule has 0 aromatic heterocycles. The SMILES string of the molecule is CCCCC(=O)OCC(=O)Nc1cc(S(=O)(=O)N2CCCCC2)ccc1OCC. The number of esters is 1. The van der Waals surface area contributed by atoms with Crippen molar-refractivity contribution in [2.75, 3.05) is 31.6 Å². The van der Waals surface area contributed by atoms with Gasteiger partial charge in [0.15, 0.2) is 6.61 Å². The minimum absolute atomic E-state index is 0.0955. The van der Waals surface area contributed by atoms with Gasteiger partial charge in [-0.15, -0.1) is 0 Å². The van der Waals surface area contributed by atoms with Crippen LogP contribution in [0.5, 0.6) is 5.75 Å². The fourth-order valence-electron chi connectivity index (χ4n) is 3.03. The van der Waals surface area contributed by atoms with Crippen LogP contribution in [0.1, 0.15) is 52.4 Å². The summed E-state index contributed by atoms with van der Waals surface area (Å²) in [5.74, 6) is -0.632. The first-order valence-electron chi connectivity index (χ1n) is 10.1. The molecule has 1 aromatic carbocycles. The van der Waals surface area contributed by atoms with Crippen LogP contribution < -0.4 is 10.1 Å². The van der Waals surface area contributed by atoms with E-state index >= 15 is 0 Å². The maximum Gasteiger partial charge on any atom is 0.306 e. The molecule has 2 rings (SSSR count). The van der Waals surface area contributed by atoms with Crippen LogP contribution in [0.3, 0.4) is 0 Å². The molecule has 29 heavy (non-hydrogen) atoms. The van der Waals surface area contributed by atoms with Crippen LogP contribution in [-0.2, 0) is 24.3 Å². The van der Waals surface area contributed by atoms with Gasteiger partial charge in [0, 0.05) is 19.5 Å². The van der Waals surface area contributed by atoms with E-state index in [1.807, 2.05) is 6.92 Å². The van der Waals surface area contributed by atoms with Gasteiger partial charge in [-0.25, -0.2) is 8.42 Å². The lowest BCUT2D eigenvalue weighted by atomic mass is 10.2. The number of sulfonamides is 1. The van der Waals surface area contributed by atoms with Crippen molar-refractivity contribution in [2.24, 2.45) is 0 Å². The Hall–Kier alpha value is -2.13. The van der Waals surface area contributed by atoms with Crippen molar-refractivity contribution in [3.8, 4) is 5.75 Å². The van der Waals surface area contributed by atoms with Crippen LogP contribution in [0.25, 0.3) is 0 Å². The molecule has 1 aliphatic rings. The molecule has 0 radical (unpaired) electrons. The third-order valence-corrected chi connectivity index (χ3v) is 6.47. The van der Waals surface area contributed by atoms with Gasteiger partial charge in [-0.05, 0) is 44.4 Å². The average Bonchev–Trinajstić information content (AvgIpc) is 2.72. The number of rotatable bonds is 10. The monoisotopic (exact) mass is 426 g/mol. The Kier molecular flexibility index (Phi) is 8.91. The van der Waals surface area contributed by atoms with E-state index in [4.69, 9.17) is 9.47 Å². The lowest BCUT2D eigenvalue weighted by Crippen LogP contribution is -2.35. The molecule has 1 saturated heterocycles. The summed E-state index contributed by atoms with van der Waals surface area (Å²) in [5.41, 5.74) is 0.236. The lowest BCUT2D eigenvalue weighted by molar-refractivity contribution is -0.147. The molecule has 8 nitrogen and oxygen atoms in total. The number of hydrogen-bond donors (Lipinski definition) is 1. The molecule has 9 heteroatoms. The largest absolute Gasteiger partial charge is 0.492 e. The summed E-state index contributed by atoms with van der Waals surface area (Å²) < 4.78 is 37.7. The molecule has 0 saturated carbocycles. The molecule has 1 heterocycles. The molecule has 0 unspecified atom stereocenters. The Morgan fingerprint density at radius 3 is 2.52 bits per heavy atom. The van der Waals surface area contributed by atoms with E-state index in [0.29, 0.717) is 31.9 Å². The molecule has 162 valence electrons. The Morgan fingerprint density at radius 2 is 1.86 bits per heavy atom. The number of carbonyl (C=O) groups is 2. The zero-order valence-electron chi connectivity index (χ0n) is 17.1. The lowest BCUT2D eigenvalue weighted by Gasteiger charge is -2.26. The Balaban J connectivity index is 2.13. The average molecular weight is 427 g/mol. The van der Waals surface area contributed by atoms with E-state index in [0.717, 1.165) is 25.7 Å². The number of nitrogens with zero attached hydrogens (tertiary/aromatic N) is 1. The van der Waals surface area contributed by atoms with Crippen molar-refractivity contribution in [3.63, 3.8) is 0 Å². The molecule has 0 aliphatic carbocycles. The quantitative estimate of drug-likeness (QED) is 0.577. The second-order valence-electron chi connectivity index (χ2n) is 6.87. The van der Waals surface area contributed by atoms with Crippen molar-refractivity contribution in [3.05, 3.63) is 18.2 Å². The number of carbonyl (C=O) groups excluding carboxylic acids is 2. The zero-order chi connectivity index (χ0) is 21.3. The van der Waals surface area contributed by atoms with Crippen LogP contribution in [-0.4, -0.2) is 50.9 Å². The molecule has 1 aliphatic heterocycles. The number of hydrogen-bond acceptors (Lipinski definition) is 6. The maximum absolute atomic E-state index is 12.9. The molecular formula is C20H30N2O6S. The van der Waals surface area contributed by atoms with Gasteiger partial charge in [0.1, 0.15) is 5.75 Å². The first kappa shape index (κ1) is 23.2. The molecular weight excluding hydrogens is 396 g/mol. The highest BCUT2D eigenvalue weighted by Gasteiger charge is 2.27. The van der Waals surface area contributed by atoms with Gasteiger partial charge in [0.25, 0.3) is 5.91 Å². The zero-order valence-corrected chi connectivity index (χ0v) is 17.9. The summed E-state index contributed by atoms with van der Waals surface area (Å²) in [5, 5.41) is 2.60. The minimum Gasteiger partial charge on any atom is -0.492 e. The van der Waals surface area contributed by atoms with E-state index in [1.54, 1.807) is 6.92 Å². The predicted molar refractivity (Wildman–Crippen MR) is 109 cm³/mol. The van der Waals surface area contributed by atoms with Gasteiger partial charge in [-0.3, -0.25) is 9.59 Å².